The Balaban J connectivity index is 1.77. The van der Waals surface area contributed by atoms with Crippen LogP contribution in [0.4, 0.5) is 5.13 Å². The third-order valence-corrected chi connectivity index (χ3v) is 4.58. The predicted octanol–water partition coefficient (Wildman–Crippen LogP) is 3.69. The molecule has 2 aromatic heterocycles. The minimum Gasteiger partial charge on any atom is -0.296 e. The Labute approximate surface area is 144 Å². The van der Waals surface area contributed by atoms with Crippen molar-refractivity contribution in [3.8, 4) is 0 Å². The average Bonchev–Trinajstić information content (AvgIpc) is 3.08. The van der Waals surface area contributed by atoms with Gasteiger partial charge in [0.05, 0.1) is 0 Å². The number of amides is 1. The lowest BCUT2D eigenvalue weighted by Gasteiger charge is -2.18. The maximum Gasteiger partial charge on any atom is 0.257 e. The Hall–Kier alpha value is -2.28. The van der Waals surface area contributed by atoms with Crippen LogP contribution < -0.4 is 5.32 Å². The van der Waals surface area contributed by atoms with Crippen LogP contribution >= 0.6 is 11.3 Å². The molecule has 3 aromatic rings. The molecule has 2 heterocycles. The van der Waals surface area contributed by atoms with Gasteiger partial charge in [0.2, 0.25) is 10.1 Å². The minimum atomic E-state index is -0.169. The summed E-state index contributed by atoms with van der Waals surface area (Å²) in [6.07, 6.45) is 1.78. The first-order valence-electron chi connectivity index (χ1n) is 8.01. The van der Waals surface area contributed by atoms with Gasteiger partial charge in [0.1, 0.15) is 0 Å². The smallest absolute Gasteiger partial charge is 0.257 e. The first-order valence-corrected chi connectivity index (χ1v) is 8.83. The average molecular weight is 343 g/mol. The number of nitrogens with one attached hydrogen (secondary N) is 1. The van der Waals surface area contributed by atoms with Gasteiger partial charge in [0, 0.05) is 12.0 Å². The molecule has 0 bridgehead atoms. The van der Waals surface area contributed by atoms with E-state index in [4.69, 9.17) is 0 Å². The van der Waals surface area contributed by atoms with E-state index in [2.05, 4.69) is 48.3 Å². The van der Waals surface area contributed by atoms with Crippen molar-refractivity contribution in [2.75, 3.05) is 5.32 Å². The maximum atomic E-state index is 12.4. The lowest BCUT2D eigenvalue weighted by molar-refractivity contribution is 0.102. The van der Waals surface area contributed by atoms with Gasteiger partial charge in [-0.05, 0) is 29.5 Å². The summed E-state index contributed by atoms with van der Waals surface area (Å²) in [5.74, 6) is 0.649. The zero-order valence-corrected chi connectivity index (χ0v) is 15.1. The zero-order chi connectivity index (χ0) is 17.3. The van der Waals surface area contributed by atoms with E-state index < -0.39 is 0 Å². The topological polar surface area (TPSA) is 72.2 Å². The van der Waals surface area contributed by atoms with E-state index in [0.717, 1.165) is 18.7 Å². The van der Waals surface area contributed by atoms with Gasteiger partial charge in [-0.3, -0.25) is 10.1 Å². The van der Waals surface area contributed by atoms with E-state index in [9.17, 15) is 4.79 Å². The lowest BCUT2D eigenvalue weighted by Crippen LogP contribution is -2.14. The highest BCUT2D eigenvalue weighted by Gasteiger charge is 2.16. The SMILES string of the molecule is CCCc1nnc2sc(NC(=O)c3ccc(C(C)(C)C)cc3)nn12. The number of rotatable bonds is 4. The van der Waals surface area contributed by atoms with Crippen molar-refractivity contribution < 1.29 is 4.79 Å². The summed E-state index contributed by atoms with van der Waals surface area (Å²) in [5.41, 5.74) is 1.88. The fraction of sp³-hybridized carbons (Fsp3) is 0.412. The highest BCUT2D eigenvalue weighted by atomic mass is 32.1. The Morgan fingerprint density at radius 1 is 1.21 bits per heavy atom. The fourth-order valence-corrected chi connectivity index (χ4v) is 3.13. The van der Waals surface area contributed by atoms with E-state index in [1.807, 2.05) is 24.3 Å². The normalized spacial score (nSPS) is 11.8. The largest absolute Gasteiger partial charge is 0.296 e. The molecule has 0 radical (unpaired) electrons. The summed E-state index contributed by atoms with van der Waals surface area (Å²) < 4.78 is 1.70. The predicted molar refractivity (Wildman–Crippen MR) is 95.7 cm³/mol. The molecule has 1 amide bonds. The number of hydrogen-bond donors (Lipinski definition) is 1. The molecule has 0 atom stereocenters. The Morgan fingerprint density at radius 2 is 1.92 bits per heavy atom. The van der Waals surface area contributed by atoms with Crippen LogP contribution in [0.2, 0.25) is 0 Å². The van der Waals surface area contributed by atoms with Crippen molar-refractivity contribution in [2.24, 2.45) is 0 Å². The number of aryl methyl sites for hydroxylation is 1. The molecule has 0 unspecified atom stereocenters. The summed E-state index contributed by atoms with van der Waals surface area (Å²) in [5, 5.41) is 16.0. The molecule has 1 aromatic carbocycles. The molecule has 0 aliphatic carbocycles. The van der Waals surface area contributed by atoms with Gasteiger partial charge in [-0.25, -0.2) is 0 Å². The van der Waals surface area contributed by atoms with Crippen LogP contribution in [0.15, 0.2) is 24.3 Å². The van der Waals surface area contributed by atoms with Crippen LogP contribution in [-0.2, 0) is 11.8 Å². The number of carbonyl (C=O) groups is 1. The molecule has 6 nitrogen and oxygen atoms in total. The Bertz CT molecular complexity index is 857. The molecule has 24 heavy (non-hydrogen) atoms. The molecule has 126 valence electrons. The van der Waals surface area contributed by atoms with Crippen molar-refractivity contribution >= 4 is 27.3 Å². The molecule has 0 fully saturated rings. The first kappa shape index (κ1) is 16.6. The van der Waals surface area contributed by atoms with Gasteiger partial charge in [0.15, 0.2) is 5.82 Å². The molecule has 0 aliphatic heterocycles. The van der Waals surface area contributed by atoms with Crippen LogP contribution in [0.5, 0.6) is 0 Å². The number of hydrogen-bond acceptors (Lipinski definition) is 5. The molecule has 0 saturated heterocycles. The highest BCUT2D eigenvalue weighted by Crippen LogP contribution is 2.23. The molecule has 0 aliphatic rings. The van der Waals surface area contributed by atoms with Gasteiger partial charge < -0.3 is 0 Å². The molecule has 0 spiro atoms. The second kappa shape index (κ2) is 6.32. The highest BCUT2D eigenvalue weighted by molar-refractivity contribution is 7.20. The van der Waals surface area contributed by atoms with Crippen LogP contribution in [0.3, 0.4) is 0 Å². The summed E-state index contributed by atoms with van der Waals surface area (Å²) in [7, 11) is 0. The zero-order valence-electron chi connectivity index (χ0n) is 14.3. The van der Waals surface area contributed by atoms with Crippen molar-refractivity contribution in [3.63, 3.8) is 0 Å². The van der Waals surface area contributed by atoms with E-state index in [-0.39, 0.29) is 11.3 Å². The van der Waals surface area contributed by atoms with Crippen molar-refractivity contribution in [2.45, 2.75) is 46.0 Å². The first-order chi connectivity index (χ1) is 11.4. The van der Waals surface area contributed by atoms with Crippen LogP contribution in [0.25, 0.3) is 4.96 Å². The van der Waals surface area contributed by atoms with Gasteiger partial charge in [-0.15, -0.1) is 15.3 Å². The van der Waals surface area contributed by atoms with Gasteiger partial charge in [-0.1, -0.05) is 51.2 Å². The summed E-state index contributed by atoms with van der Waals surface area (Å²) in [6, 6.07) is 7.68. The minimum absolute atomic E-state index is 0.0677. The number of aromatic nitrogens is 4. The molecule has 1 N–H and O–H groups in total. The van der Waals surface area contributed by atoms with Crippen LogP contribution in [0.1, 0.15) is 55.9 Å². The molecule has 0 saturated carbocycles. The molecular formula is C17H21N5OS. The summed E-state index contributed by atoms with van der Waals surface area (Å²) >= 11 is 1.32. The monoisotopic (exact) mass is 343 g/mol. The Kier molecular flexibility index (Phi) is 4.36. The molecule has 7 heteroatoms. The number of nitrogens with zero attached hydrogens (tertiary/aromatic N) is 4. The van der Waals surface area contributed by atoms with E-state index >= 15 is 0 Å². The summed E-state index contributed by atoms with van der Waals surface area (Å²) in [4.78, 5) is 13.1. The van der Waals surface area contributed by atoms with E-state index in [0.29, 0.717) is 15.7 Å². The van der Waals surface area contributed by atoms with Gasteiger partial charge >= 0.3 is 0 Å². The molecule has 3 rings (SSSR count). The maximum absolute atomic E-state index is 12.4. The number of fused-ring (bicyclic) bond motifs is 1. The van der Waals surface area contributed by atoms with Crippen LogP contribution in [-0.4, -0.2) is 25.7 Å². The summed E-state index contributed by atoms with van der Waals surface area (Å²) in [6.45, 7) is 8.53. The number of carbonyl (C=O) groups excluding carboxylic acids is 1. The van der Waals surface area contributed by atoms with Crippen molar-refractivity contribution in [1.82, 2.24) is 19.8 Å². The van der Waals surface area contributed by atoms with E-state index in [1.54, 1.807) is 4.52 Å². The second-order valence-electron chi connectivity index (χ2n) is 6.75. The lowest BCUT2D eigenvalue weighted by atomic mass is 9.87. The molecular weight excluding hydrogens is 322 g/mol. The van der Waals surface area contributed by atoms with E-state index in [1.165, 1.54) is 16.9 Å². The third kappa shape index (κ3) is 3.31. The Morgan fingerprint density at radius 3 is 2.54 bits per heavy atom. The fourth-order valence-electron chi connectivity index (χ4n) is 2.38. The van der Waals surface area contributed by atoms with Gasteiger partial charge in [-0.2, -0.15) is 4.52 Å². The van der Waals surface area contributed by atoms with Crippen molar-refractivity contribution in [3.05, 3.63) is 41.2 Å². The van der Waals surface area contributed by atoms with Gasteiger partial charge in [0.25, 0.3) is 5.91 Å². The number of anilines is 1. The second-order valence-corrected chi connectivity index (χ2v) is 7.71. The standard InChI is InChI=1S/C17H21N5OS/c1-5-6-13-19-20-16-22(13)21-15(24-16)18-14(23)11-7-9-12(10-8-11)17(2,3)4/h7-10H,5-6H2,1-4H3,(H,18,21,23). The number of benzene rings is 1. The van der Waals surface area contributed by atoms with Crippen LogP contribution in [0, 0.1) is 0 Å². The quantitative estimate of drug-likeness (QED) is 0.784. The van der Waals surface area contributed by atoms with Crippen molar-refractivity contribution in [1.29, 1.82) is 0 Å². The third-order valence-electron chi connectivity index (χ3n) is 3.76.